The Morgan fingerprint density at radius 2 is 2.20 bits per heavy atom. The third-order valence-corrected chi connectivity index (χ3v) is 2.82. The minimum atomic E-state index is -0.0641. The maximum absolute atomic E-state index is 9.26. The van der Waals surface area contributed by atoms with Crippen molar-refractivity contribution in [1.29, 1.82) is 0 Å². The van der Waals surface area contributed by atoms with E-state index in [-0.39, 0.29) is 12.0 Å². The number of aliphatic hydroxyl groups is 1. The SMILES string of the molecule is CC[C@](C)(CO)CNc1cccc(C)n1. The number of aryl methyl sites for hydroxylation is 1. The molecule has 0 bridgehead atoms. The zero-order valence-electron chi connectivity index (χ0n) is 9.75. The Hall–Kier alpha value is -1.09. The standard InChI is InChI=1S/C12H20N2O/c1-4-12(3,9-15)8-13-11-7-5-6-10(2)14-11/h5-7,15H,4,8-9H2,1-3H3,(H,13,14)/t12-/m0/s1. The molecule has 1 heterocycles. The van der Waals surface area contributed by atoms with Crippen molar-refractivity contribution >= 4 is 5.82 Å². The van der Waals surface area contributed by atoms with Gasteiger partial charge in [0.1, 0.15) is 5.82 Å². The number of aromatic nitrogens is 1. The van der Waals surface area contributed by atoms with Crippen LogP contribution >= 0.6 is 0 Å². The molecule has 84 valence electrons. The molecule has 0 unspecified atom stereocenters. The van der Waals surface area contributed by atoms with E-state index in [1.54, 1.807) is 0 Å². The van der Waals surface area contributed by atoms with Crippen molar-refractivity contribution in [3.05, 3.63) is 23.9 Å². The summed E-state index contributed by atoms with van der Waals surface area (Å²) >= 11 is 0. The van der Waals surface area contributed by atoms with Crippen molar-refractivity contribution in [1.82, 2.24) is 4.98 Å². The Balaban J connectivity index is 2.56. The quantitative estimate of drug-likeness (QED) is 0.779. The third kappa shape index (κ3) is 3.51. The van der Waals surface area contributed by atoms with Crippen molar-refractivity contribution in [2.45, 2.75) is 27.2 Å². The van der Waals surface area contributed by atoms with Crippen LogP contribution in [0.25, 0.3) is 0 Å². The molecular weight excluding hydrogens is 188 g/mol. The summed E-state index contributed by atoms with van der Waals surface area (Å²) in [5.74, 6) is 0.878. The summed E-state index contributed by atoms with van der Waals surface area (Å²) in [6.45, 7) is 7.06. The van der Waals surface area contributed by atoms with Crippen molar-refractivity contribution in [3.63, 3.8) is 0 Å². The van der Waals surface area contributed by atoms with E-state index in [4.69, 9.17) is 0 Å². The number of aliphatic hydroxyl groups excluding tert-OH is 1. The summed E-state index contributed by atoms with van der Waals surface area (Å²) in [5, 5.41) is 12.5. The lowest BCUT2D eigenvalue weighted by Crippen LogP contribution is -2.29. The van der Waals surface area contributed by atoms with E-state index in [1.807, 2.05) is 25.1 Å². The molecule has 3 nitrogen and oxygen atoms in total. The lowest BCUT2D eigenvalue weighted by atomic mass is 9.89. The minimum absolute atomic E-state index is 0.0641. The first-order chi connectivity index (χ1) is 7.09. The molecule has 15 heavy (non-hydrogen) atoms. The molecule has 1 rings (SSSR count). The van der Waals surface area contributed by atoms with Crippen LogP contribution in [0, 0.1) is 12.3 Å². The number of hydrogen-bond donors (Lipinski definition) is 2. The molecule has 0 spiro atoms. The zero-order valence-corrected chi connectivity index (χ0v) is 9.75. The Morgan fingerprint density at radius 3 is 2.73 bits per heavy atom. The smallest absolute Gasteiger partial charge is 0.126 e. The van der Waals surface area contributed by atoms with E-state index in [2.05, 4.69) is 24.1 Å². The topological polar surface area (TPSA) is 45.1 Å². The van der Waals surface area contributed by atoms with E-state index in [9.17, 15) is 5.11 Å². The van der Waals surface area contributed by atoms with Crippen LogP contribution in [0.15, 0.2) is 18.2 Å². The van der Waals surface area contributed by atoms with Gasteiger partial charge < -0.3 is 10.4 Å². The Labute approximate surface area is 91.5 Å². The molecule has 1 atom stereocenters. The van der Waals surface area contributed by atoms with Gasteiger partial charge in [0, 0.05) is 17.7 Å². The predicted octanol–water partition coefficient (Wildman–Crippen LogP) is 2.21. The van der Waals surface area contributed by atoms with Crippen LogP contribution in [0.3, 0.4) is 0 Å². The van der Waals surface area contributed by atoms with Gasteiger partial charge in [-0.1, -0.05) is 19.9 Å². The maximum atomic E-state index is 9.26. The second-order valence-electron chi connectivity index (χ2n) is 4.34. The van der Waals surface area contributed by atoms with Crippen molar-refractivity contribution < 1.29 is 5.11 Å². The van der Waals surface area contributed by atoms with Crippen molar-refractivity contribution in [3.8, 4) is 0 Å². The van der Waals surface area contributed by atoms with Gasteiger partial charge in [0.25, 0.3) is 0 Å². The number of rotatable bonds is 5. The second-order valence-corrected chi connectivity index (χ2v) is 4.34. The van der Waals surface area contributed by atoms with Gasteiger partial charge in [-0.2, -0.15) is 0 Å². The van der Waals surface area contributed by atoms with Crippen molar-refractivity contribution in [2.75, 3.05) is 18.5 Å². The third-order valence-electron chi connectivity index (χ3n) is 2.82. The molecule has 0 aromatic carbocycles. The molecule has 2 N–H and O–H groups in total. The lowest BCUT2D eigenvalue weighted by molar-refractivity contribution is 0.149. The summed E-state index contributed by atoms with van der Waals surface area (Å²) in [6, 6.07) is 5.89. The van der Waals surface area contributed by atoms with Crippen LogP contribution in [0.1, 0.15) is 26.0 Å². The molecule has 1 aromatic heterocycles. The number of anilines is 1. The minimum Gasteiger partial charge on any atom is -0.396 e. The first kappa shape index (κ1) is 12.0. The molecule has 0 saturated carbocycles. The average molecular weight is 208 g/mol. The Morgan fingerprint density at radius 1 is 1.47 bits per heavy atom. The first-order valence-corrected chi connectivity index (χ1v) is 5.38. The lowest BCUT2D eigenvalue weighted by Gasteiger charge is -2.26. The van der Waals surface area contributed by atoms with Gasteiger partial charge in [-0.05, 0) is 25.5 Å². The number of nitrogens with zero attached hydrogens (tertiary/aromatic N) is 1. The van der Waals surface area contributed by atoms with Crippen LogP contribution in [-0.4, -0.2) is 23.2 Å². The predicted molar refractivity (Wildman–Crippen MR) is 62.9 cm³/mol. The fraction of sp³-hybridized carbons (Fsp3) is 0.583. The van der Waals surface area contributed by atoms with Gasteiger partial charge in [-0.3, -0.25) is 0 Å². The Bertz CT molecular complexity index is 308. The summed E-state index contributed by atoms with van der Waals surface area (Å²) in [5.41, 5.74) is 0.938. The van der Waals surface area contributed by atoms with E-state index >= 15 is 0 Å². The van der Waals surface area contributed by atoms with E-state index in [1.165, 1.54) is 0 Å². The van der Waals surface area contributed by atoms with Crippen LogP contribution < -0.4 is 5.32 Å². The number of nitrogens with one attached hydrogen (secondary N) is 1. The molecule has 0 radical (unpaired) electrons. The van der Waals surface area contributed by atoms with E-state index < -0.39 is 0 Å². The zero-order chi connectivity index (χ0) is 11.3. The molecule has 0 aliphatic heterocycles. The number of pyridine rings is 1. The largest absolute Gasteiger partial charge is 0.396 e. The fourth-order valence-corrected chi connectivity index (χ4v) is 1.24. The average Bonchev–Trinajstić information content (AvgIpc) is 2.26. The van der Waals surface area contributed by atoms with E-state index in [0.29, 0.717) is 0 Å². The van der Waals surface area contributed by atoms with Gasteiger partial charge in [0.15, 0.2) is 0 Å². The molecule has 0 aliphatic carbocycles. The highest BCUT2D eigenvalue weighted by atomic mass is 16.3. The van der Waals surface area contributed by atoms with Crippen LogP contribution in [-0.2, 0) is 0 Å². The van der Waals surface area contributed by atoms with Gasteiger partial charge >= 0.3 is 0 Å². The second kappa shape index (κ2) is 5.12. The number of hydrogen-bond acceptors (Lipinski definition) is 3. The Kier molecular flexibility index (Phi) is 4.09. The van der Waals surface area contributed by atoms with Gasteiger partial charge in [-0.25, -0.2) is 4.98 Å². The first-order valence-electron chi connectivity index (χ1n) is 5.38. The highest BCUT2D eigenvalue weighted by molar-refractivity contribution is 5.35. The van der Waals surface area contributed by atoms with Gasteiger partial charge in [-0.15, -0.1) is 0 Å². The molecule has 1 aromatic rings. The monoisotopic (exact) mass is 208 g/mol. The fourth-order valence-electron chi connectivity index (χ4n) is 1.24. The normalized spacial score (nSPS) is 14.7. The highest BCUT2D eigenvalue weighted by Gasteiger charge is 2.20. The van der Waals surface area contributed by atoms with Crippen molar-refractivity contribution in [2.24, 2.45) is 5.41 Å². The molecular formula is C12H20N2O. The molecule has 0 saturated heterocycles. The van der Waals surface area contributed by atoms with Crippen LogP contribution in [0.5, 0.6) is 0 Å². The molecule has 3 heteroatoms. The van der Waals surface area contributed by atoms with Gasteiger partial charge in [0.05, 0.1) is 6.61 Å². The van der Waals surface area contributed by atoms with Crippen LogP contribution in [0.2, 0.25) is 0 Å². The summed E-state index contributed by atoms with van der Waals surface area (Å²) < 4.78 is 0. The van der Waals surface area contributed by atoms with Gasteiger partial charge in [0.2, 0.25) is 0 Å². The van der Waals surface area contributed by atoms with Crippen LogP contribution in [0.4, 0.5) is 5.82 Å². The maximum Gasteiger partial charge on any atom is 0.126 e. The molecule has 0 amide bonds. The molecule has 0 fully saturated rings. The summed E-state index contributed by atoms with van der Waals surface area (Å²) in [6.07, 6.45) is 0.947. The summed E-state index contributed by atoms with van der Waals surface area (Å²) in [4.78, 5) is 4.35. The van der Waals surface area contributed by atoms with E-state index in [0.717, 1.165) is 24.5 Å². The summed E-state index contributed by atoms with van der Waals surface area (Å²) in [7, 11) is 0. The molecule has 0 aliphatic rings. The highest BCUT2D eigenvalue weighted by Crippen LogP contribution is 2.20.